The van der Waals surface area contributed by atoms with Gasteiger partial charge in [-0.1, -0.05) is 6.07 Å². The molecule has 8 nitrogen and oxygen atoms in total. The van der Waals surface area contributed by atoms with Crippen LogP contribution in [0, 0.1) is 0 Å². The lowest BCUT2D eigenvalue weighted by molar-refractivity contribution is -0.140. The molecule has 1 atom stereocenters. The minimum atomic E-state index is -0.301. The van der Waals surface area contributed by atoms with Crippen molar-refractivity contribution in [1.29, 1.82) is 0 Å². The van der Waals surface area contributed by atoms with Crippen molar-refractivity contribution in [3.63, 3.8) is 0 Å². The first-order valence-electron chi connectivity index (χ1n) is 9.77. The summed E-state index contributed by atoms with van der Waals surface area (Å²) in [6.07, 6.45) is 5.77. The highest BCUT2D eigenvalue weighted by atomic mass is 16.5. The molecule has 1 aromatic heterocycles. The molecule has 0 saturated carbocycles. The molecule has 8 heteroatoms. The van der Waals surface area contributed by atoms with E-state index in [1.54, 1.807) is 15.8 Å². The van der Waals surface area contributed by atoms with Gasteiger partial charge in [-0.25, -0.2) is 9.48 Å². The van der Waals surface area contributed by atoms with Crippen molar-refractivity contribution < 1.29 is 14.3 Å². The maximum Gasteiger partial charge on any atom is 0.321 e. The van der Waals surface area contributed by atoms with Gasteiger partial charge in [-0.3, -0.25) is 4.79 Å². The van der Waals surface area contributed by atoms with Gasteiger partial charge in [0.2, 0.25) is 0 Å². The van der Waals surface area contributed by atoms with Crippen LogP contribution >= 0.6 is 0 Å². The van der Waals surface area contributed by atoms with Crippen LogP contribution in [0.5, 0.6) is 0 Å². The maximum atomic E-state index is 12.7. The quantitative estimate of drug-likeness (QED) is 0.880. The second kappa shape index (κ2) is 8.43. The average molecular weight is 383 g/mol. The molecule has 28 heavy (non-hydrogen) atoms. The number of hydrogen-bond donors (Lipinski definition) is 1. The van der Waals surface area contributed by atoms with Gasteiger partial charge in [0.25, 0.3) is 5.91 Å². The molecule has 0 unspecified atom stereocenters. The summed E-state index contributed by atoms with van der Waals surface area (Å²) in [6.45, 7) is 3.01. The minimum Gasteiger partial charge on any atom is -0.368 e. The second-order valence-corrected chi connectivity index (χ2v) is 7.10. The number of urea groups is 1. The van der Waals surface area contributed by atoms with E-state index < -0.39 is 0 Å². The molecule has 0 radical (unpaired) electrons. The summed E-state index contributed by atoms with van der Waals surface area (Å²) < 4.78 is 7.26. The Balaban J connectivity index is 1.35. The number of hydrogen-bond acceptors (Lipinski definition) is 4. The molecular weight excluding hydrogens is 358 g/mol. The topological polar surface area (TPSA) is 79.7 Å². The number of carbonyl (C=O) groups excluding carboxylic acids is 2. The van der Waals surface area contributed by atoms with E-state index >= 15 is 0 Å². The number of aromatic nitrogens is 2. The lowest BCUT2D eigenvalue weighted by atomic mass is 10.2. The molecule has 0 aliphatic carbocycles. The molecule has 2 aliphatic rings. The molecule has 0 bridgehead atoms. The Labute approximate surface area is 164 Å². The SMILES string of the molecule is O=C(Nc1cccc(-n2cccn2)c1)N1CCCN(C(=O)[C@@H]2CCCO2)CC1. The molecule has 3 amide bonds. The third-order valence-corrected chi connectivity index (χ3v) is 5.17. The fourth-order valence-electron chi connectivity index (χ4n) is 3.67. The third kappa shape index (κ3) is 4.17. The van der Waals surface area contributed by atoms with E-state index in [0.717, 1.165) is 30.6 Å². The molecule has 0 spiro atoms. The zero-order chi connectivity index (χ0) is 19.3. The van der Waals surface area contributed by atoms with E-state index in [1.807, 2.05) is 41.4 Å². The van der Waals surface area contributed by atoms with Crippen LogP contribution in [0.4, 0.5) is 10.5 Å². The average Bonchev–Trinajstić information content (AvgIpc) is 3.38. The van der Waals surface area contributed by atoms with Crippen LogP contribution in [0.25, 0.3) is 5.69 Å². The number of anilines is 1. The van der Waals surface area contributed by atoms with Crippen LogP contribution in [0.3, 0.4) is 0 Å². The molecule has 1 N–H and O–H groups in total. The molecule has 2 aromatic rings. The first-order valence-corrected chi connectivity index (χ1v) is 9.77. The summed E-state index contributed by atoms with van der Waals surface area (Å²) in [7, 11) is 0. The predicted molar refractivity (Wildman–Crippen MR) is 104 cm³/mol. The maximum absolute atomic E-state index is 12.7. The fraction of sp³-hybridized carbons (Fsp3) is 0.450. The summed E-state index contributed by atoms with van der Waals surface area (Å²) in [5.74, 6) is 0.0617. The van der Waals surface area contributed by atoms with Crippen LogP contribution in [0.2, 0.25) is 0 Å². The van der Waals surface area contributed by atoms with E-state index in [4.69, 9.17) is 4.74 Å². The smallest absolute Gasteiger partial charge is 0.321 e. The van der Waals surface area contributed by atoms with E-state index in [9.17, 15) is 9.59 Å². The number of nitrogens with one attached hydrogen (secondary N) is 1. The fourth-order valence-corrected chi connectivity index (χ4v) is 3.67. The van der Waals surface area contributed by atoms with E-state index in [2.05, 4.69) is 10.4 Å². The summed E-state index contributed by atoms with van der Waals surface area (Å²) in [4.78, 5) is 28.9. The molecule has 2 aliphatic heterocycles. The number of ether oxygens (including phenoxy) is 1. The largest absolute Gasteiger partial charge is 0.368 e. The van der Waals surface area contributed by atoms with Crippen LogP contribution in [-0.2, 0) is 9.53 Å². The van der Waals surface area contributed by atoms with Crippen LogP contribution in [0.1, 0.15) is 19.3 Å². The highest BCUT2D eigenvalue weighted by Gasteiger charge is 2.30. The minimum absolute atomic E-state index is 0.0617. The molecule has 1 aromatic carbocycles. The van der Waals surface area contributed by atoms with Crippen molar-refractivity contribution in [2.75, 3.05) is 38.1 Å². The standard InChI is InChI=1S/C20H25N5O3/c26-19(18-7-2-14-28-18)23-9-4-10-24(13-12-23)20(27)22-16-5-1-6-17(15-16)25-11-3-8-21-25/h1,3,5-6,8,11,15,18H,2,4,7,9-10,12-14H2,(H,22,27)/t18-/m0/s1. The lowest BCUT2D eigenvalue weighted by Gasteiger charge is -2.24. The van der Waals surface area contributed by atoms with E-state index in [1.165, 1.54) is 0 Å². The zero-order valence-corrected chi connectivity index (χ0v) is 15.8. The van der Waals surface area contributed by atoms with Gasteiger partial charge >= 0.3 is 6.03 Å². The van der Waals surface area contributed by atoms with E-state index in [-0.39, 0.29) is 18.0 Å². The molecule has 3 heterocycles. The van der Waals surface area contributed by atoms with Gasteiger partial charge in [-0.05, 0) is 43.5 Å². The number of carbonyl (C=O) groups is 2. The van der Waals surface area contributed by atoms with Crippen molar-refractivity contribution in [1.82, 2.24) is 19.6 Å². The van der Waals surface area contributed by atoms with Crippen molar-refractivity contribution in [3.05, 3.63) is 42.7 Å². The summed E-state index contributed by atoms with van der Waals surface area (Å²) >= 11 is 0. The number of amides is 3. The second-order valence-electron chi connectivity index (χ2n) is 7.10. The number of rotatable bonds is 3. The Morgan fingerprint density at radius 2 is 1.93 bits per heavy atom. The Morgan fingerprint density at radius 3 is 2.71 bits per heavy atom. The molecule has 4 rings (SSSR count). The van der Waals surface area contributed by atoms with Gasteiger partial charge in [-0.15, -0.1) is 0 Å². The van der Waals surface area contributed by atoms with Crippen molar-refractivity contribution in [2.24, 2.45) is 0 Å². The Morgan fingerprint density at radius 1 is 1.07 bits per heavy atom. The van der Waals surface area contributed by atoms with Gasteiger partial charge in [-0.2, -0.15) is 5.10 Å². The van der Waals surface area contributed by atoms with E-state index in [0.29, 0.717) is 32.8 Å². The van der Waals surface area contributed by atoms with Crippen LogP contribution in [0.15, 0.2) is 42.7 Å². The first kappa shape index (κ1) is 18.5. The van der Waals surface area contributed by atoms with Gasteiger partial charge in [0, 0.05) is 50.9 Å². The Kier molecular flexibility index (Phi) is 5.57. The normalized spacial score (nSPS) is 20.1. The molecule has 2 fully saturated rings. The van der Waals surface area contributed by atoms with Crippen molar-refractivity contribution in [3.8, 4) is 5.69 Å². The van der Waals surface area contributed by atoms with Gasteiger partial charge in [0.1, 0.15) is 6.10 Å². The summed E-state index contributed by atoms with van der Waals surface area (Å²) in [6, 6.07) is 9.27. The highest BCUT2D eigenvalue weighted by molar-refractivity contribution is 5.89. The molecule has 2 saturated heterocycles. The molecular formula is C20H25N5O3. The van der Waals surface area contributed by atoms with Gasteiger partial charge < -0.3 is 19.9 Å². The van der Waals surface area contributed by atoms with Crippen molar-refractivity contribution in [2.45, 2.75) is 25.4 Å². The number of benzene rings is 1. The van der Waals surface area contributed by atoms with Crippen LogP contribution in [-0.4, -0.2) is 70.4 Å². The zero-order valence-electron chi connectivity index (χ0n) is 15.8. The van der Waals surface area contributed by atoms with Crippen molar-refractivity contribution >= 4 is 17.6 Å². The number of nitrogens with zero attached hydrogens (tertiary/aromatic N) is 4. The lowest BCUT2D eigenvalue weighted by Crippen LogP contribution is -2.42. The first-order chi connectivity index (χ1) is 13.7. The Bertz CT molecular complexity index is 817. The van der Waals surface area contributed by atoms with Gasteiger partial charge in [0.05, 0.1) is 5.69 Å². The third-order valence-electron chi connectivity index (χ3n) is 5.17. The predicted octanol–water partition coefficient (Wildman–Crippen LogP) is 2.12. The highest BCUT2D eigenvalue weighted by Crippen LogP contribution is 2.17. The van der Waals surface area contributed by atoms with Crippen LogP contribution < -0.4 is 5.32 Å². The Hall–Kier alpha value is -2.87. The summed E-state index contributed by atoms with van der Waals surface area (Å²) in [5.41, 5.74) is 1.60. The van der Waals surface area contributed by atoms with Gasteiger partial charge in [0.15, 0.2) is 0 Å². The molecule has 148 valence electrons. The monoisotopic (exact) mass is 383 g/mol. The summed E-state index contributed by atoms with van der Waals surface area (Å²) in [5, 5.41) is 7.17.